The van der Waals surface area contributed by atoms with Gasteiger partial charge >= 0.3 is 0 Å². The highest BCUT2D eigenvalue weighted by molar-refractivity contribution is 5.82. The molecule has 0 aromatic heterocycles. The first kappa shape index (κ1) is 16.4. The summed E-state index contributed by atoms with van der Waals surface area (Å²) < 4.78 is 0.717. The molecule has 2 aliphatic rings. The largest absolute Gasteiger partial charge is 0.623 e. The molecule has 1 saturated carbocycles. The highest BCUT2D eigenvalue weighted by Crippen LogP contribution is 2.65. The SMILES string of the molecule is CC1(C)[C@@H]2C=C(NO)[C@](C)(/[N+]([O-])=C/c3ccccc3[N+](=O)[O-])C[C@@H]21. The Morgan fingerprint density at radius 2 is 1.96 bits per heavy atom. The molecule has 2 aliphatic carbocycles. The minimum Gasteiger partial charge on any atom is -0.623 e. The molecule has 3 rings (SSSR count). The van der Waals surface area contributed by atoms with Crippen molar-refractivity contribution in [3.8, 4) is 0 Å². The molecule has 0 radical (unpaired) electrons. The van der Waals surface area contributed by atoms with Crippen molar-refractivity contribution >= 4 is 11.9 Å². The lowest BCUT2D eigenvalue weighted by Crippen LogP contribution is -2.45. The van der Waals surface area contributed by atoms with Gasteiger partial charge in [0.1, 0.15) is 11.3 Å². The third-order valence-corrected chi connectivity index (χ3v) is 5.68. The third kappa shape index (κ3) is 2.36. The molecule has 1 aromatic rings. The van der Waals surface area contributed by atoms with E-state index in [0.29, 0.717) is 24.0 Å². The fourth-order valence-corrected chi connectivity index (χ4v) is 3.80. The third-order valence-electron chi connectivity index (χ3n) is 5.68. The zero-order valence-electron chi connectivity index (χ0n) is 13.9. The molecule has 2 N–H and O–H groups in total. The summed E-state index contributed by atoms with van der Waals surface area (Å²) >= 11 is 0. The predicted octanol–water partition coefficient (Wildman–Crippen LogP) is 2.82. The molecule has 0 spiro atoms. The van der Waals surface area contributed by atoms with Crippen LogP contribution in [0.4, 0.5) is 5.69 Å². The zero-order chi connectivity index (χ0) is 17.7. The molecule has 1 aromatic carbocycles. The van der Waals surface area contributed by atoms with Crippen LogP contribution < -0.4 is 5.48 Å². The van der Waals surface area contributed by atoms with Crippen LogP contribution in [0, 0.1) is 32.6 Å². The van der Waals surface area contributed by atoms with E-state index in [1.807, 2.05) is 6.08 Å². The Balaban J connectivity index is 2.00. The first-order chi connectivity index (χ1) is 11.2. The maximum absolute atomic E-state index is 12.9. The van der Waals surface area contributed by atoms with E-state index in [-0.39, 0.29) is 16.7 Å². The molecule has 0 amide bonds. The van der Waals surface area contributed by atoms with Crippen LogP contribution in [-0.4, -0.2) is 26.6 Å². The summed E-state index contributed by atoms with van der Waals surface area (Å²) in [4.78, 5) is 10.6. The molecule has 1 fully saturated rings. The van der Waals surface area contributed by atoms with Gasteiger partial charge in [-0.3, -0.25) is 20.8 Å². The Hall–Kier alpha value is -2.41. The number of allylic oxidation sites excluding steroid dienone is 1. The van der Waals surface area contributed by atoms with Crippen molar-refractivity contribution in [1.82, 2.24) is 5.48 Å². The number of hydrogen-bond acceptors (Lipinski definition) is 5. The summed E-state index contributed by atoms with van der Waals surface area (Å²) in [6, 6.07) is 6.11. The van der Waals surface area contributed by atoms with Crippen molar-refractivity contribution in [2.24, 2.45) is 17.3 Å². The van der Waals surface area contributed by atoms with Crippen LogP contribution in [0.15, 0.2) is 36.0 Å². The van der Waals surface area contributed by atoms with Crippen LogP contribution in [0.25, 0.3) is 0 Å². The average Bonchev–Trinajstić information content (AvgIpc) is 3.06. The van der Waals surface area contributed by atoms with Gasteiger partial charge in [0.25, 0.3) is 5.69 Å². The van der Waals surface area contributed by atoms with Gasteiger partial charge in [-0.05, 0) is 23.3 Å². The van der Waals surface area contributed by atoms with Gasteiger partial charge in [-0.25, -0.2) is 0 Å². The molecular weight excluding hydrogens is 310 g/mol. The Labute approximate surface area is 140 Å². The van der Waals surface area contributed by atoms with E-state index in [1.165, 1.54) is 18.3 Å². The van der Waals surface area contributed by atoms with Crippen LogP contribution in [0.1, 0.15) is 32.8 Å². The van der Waals surface area contributed by atoms with Gasteiger partial charge < -0.3 is 5.21 Å². The Morgan fingerprint density at radius 3 is 2.58 bits per heavy atom. The lowest BCUT2D eigenvalue weighted by molar-refractivity contribution is -0.533. The Morgan fingerprint density at radius 1 is 1.29 bits per heavy atom. The lowest BCUT2D eigenvalue weighted by atomic mass is 9.86. The van der Waals surface area contributed by atoms with Crippen molar-refractivity contribution in [3.63, 3.8) is 0 Å². The van der Waals surface area contributed by atoms with Gasteiger partial charge in [0.05, 0.1) is 4.92 Å². The van der Waals surface area contributed by atoms with Gasteiger partial charge in [-0.1, -0.05) is 32.1 Å². The number of benzene rings is 1. The second-order valence-corrected chi connectivity index (χ2v) is 7.39. The number of nitrogens with zero attached hydrogens (tertiary/aromatic N) is 2. The summed E-state index contributed by atoms with van der Waals surface area (Å²) in [5.74, 6) is 0.690. The van der Waals surface area contributed by atoms with E-state index in [9.17, 15) is 20.5 Å². The number of nitrogens with one attached hydrogen (secondary N) is 1. The highest BCUT2D eigenvalue weighted by atomic mass is 16.6. The minimum absolute atomic E-state index is 0.0967. The van der Waals surface area contributed by atoms with Crippen LogP contribution in [0.2, 0.25) is 0 Å². The molecule has 128 valence electrons. The maximum atomic E-state index is 12.9. The van der Waals surface area contributed by atoms with Crippen LogP contribution in [0.5, 0.6) is 0 Å². The van der Waals surface area contributed by atoms with Crippen molar-refractivity contribution in [2.45, 2.75) is 32.7 Å². The van der Waals surface area contributed by atoms with Gasteiger partial charge in [0.15, 0.2) is 6.21 Å². The van der Waals surface area contributed by atoms with Crippen molar-refractivity contribution in [3.05, 3.63) is 56.9 Å². The topological polar surface area (TPSA) is 101 Å². The van der Waals surface area contributed by atoms with Gasteiger partial charge in [0.2, 0.25) is 5.54 Å². The van der Waals surface area contributed by atoms with E-state index < -0.39 is 10.5 Å². The second kappa shape index (κ2) is 5.31. The molecular formula is C17H21N3O4. The standard InChI is InChI=1S/C17H21N3O4/c1-16(2)12-8-15(18-21)17(3,9-13(12)16)19(22)10-11-6-4-5-7-14(11)20(23)24/h4-8,10,12-13,18,21H,9H2,1-3H3/b19-10-/t12-,13+,17-/m1/s1. The molecule has 7 nitrogen and oxygen atoms in total. The molecule has 3 atom stereocenters. The van der Waals surface area contributed by atoms with Gasteiger partial charge in [-0.15, -0.1) is 0 Å². The van der Waals surface area contributed by atoms with Crippen LogP contribution >= 0.6 is 0 Å². The van der Waals surface area contributed by atoms with E-state index in [1.54, 1.807) is 19.1 Å². The fourth-order valence-electron chi connectivity index (χ4n) is 3.80. The number of para-hydroxylation sites is 1. The highest BCUT2D eigenvalue weighted by Gasteiger charge is 2.63. The summed E-state index contributed by atoms with van der Waals surface area (Å²) in [6.07, 6.45) is 3.72. The summed E-state index contributed by atoms with van der Waals surface area (Å²) in [6.45, 7) is 6.02. The molecule has 24 heavy (non-hydrogen) atoms. The van der Waals surface area contributed by atoms with E-state index in [2.05, 4.69) is 19.3 Å². The summed E-state index contributed by atoms with van der Waals surface area (Å²) in [5.41, 5.74) is 1.83. The summed E-state index contributed by atoms with van der Waals surface area (Å²) in [7, 11) is 0. The monoisotopic (exact) mass is 331 g/mol. The average molecular weight is 331 g/mol. The molecule has 0 unspecified atom stereocenters. The molecule has 0 heterocycles. The summed E-state index contributed by atoms with van der Waals surface area (Å²) in [5, 5.41) is 33.5. The van der Waals surface area contributed by atoms with E-state index in [4.69, 9.17) is 0 Å². The maximum Gasteiger partial charge on any atom is 0.282 e. The Kier molecular flexibility index (Phi) is 3.64. The van der Waals surface area contributed by atoms with Gasteiger partial charge in [-0.2, -0.15) is 4.74 Å². The zero-order valence-corrected chi connectivity index (χ0v) is 13.9. The van der Waals surface area contributed by atoms with Crippen LogP contribution in [0.3, 0.4) is 0 Å². The van der Waals surface area contributed by atoms with Crippen molar-refractivity contribution in [1.29, 1.82) is 0 Å². The first-order valence-corrected chi connectivity index (χ1v) is 7.89. The number of rotatable bonds is 4. The normalized spacial score (nSPS) is 31.0. The van der Waals surface area contributed by atoms with Crippen LogP contribution in [-0.2, 0) is 0 Å². The second-order valence-electron chi connectivity index (χ2n) is 7.39. The number of hydroxylamine groups is 2. The van der Waals surface area contributed by atoms with Crippen molar-refractivity contribution in [2.75, 3.05) is 0 Å². The molecule has 0 saturated heterocycles. The smallest absolute Gasteiger partial charge is 0.282 e. The fraction of sp³-hybridized carbons (Fsp3) is 0.471. The number of hydrogen-bond donors (Lipinski definition) is 2. The minimum atomic E-state index is -0.993. The van der Waals surface area contributed by atoms with E-state index in [0.717, 1.165) is 4.74 Å². The number of nitro groups is 1. The Bertz CT molecular complexity index is 756. The first-order valence-electron chi connectivity index (χ1n) is 7.89. The quantitative estimate of drug-likeness (QED) is 0.290. The number of fused-ring (bicyclic) bond motifs is 1. The molecule has 0 aliphatic heterocycles. The van der Waals surface area contributed by atoms with Crippen molar-refractivity contribution < 1.29 is 14.9 Å². The predicted molar refractivity (Wildman–Crippen MR) is 88.7 cm³/mol. The molecule has 0 bridgehead atoms. The lowest BCUT2D eigenvalue weighted by Gasteiger charge is -2.32. The molecule has 7 heteroatoms. The van der Waals surface area contributed by atoms with E-state index >= 15 is 0 Å². The van der Waals surface area contributed by atoms with Gasteiger partial charge in [0, 0.05) is 19.4 Å². The number of nitro benzene ring substituents is 1.